The summed E-state index contributed by atoms with van der Waals surface area (Å²) in [4.78, 5) is 40.8. The summed E-state index contributed by atoms with van der Waals surface area (Å²) < 4.78 is 1.49. The third kappa shape index (κ3) is 5.86. The molecule has 0 aliphatic carbocycles. The first-order chi connectivity index (χ1) is 11.7. The Morgan fingerprint density at radius 1 is 1.40 bits per heavy atom. The maximum Gasteiger partial charge on any atom is 0.258 e. The highest BCUT2D eigenvalue weighted by atomic mass is 32.2. The van der Waals surface area contributed by atoms with Crippen LogP contribution in [-0.4, -0.2) is 38.5 Å². The first-order valence-corrected chi connectivity index (χ1v) is 9.84. The first-order valence-electron chi connectivity index (χ1n) is 7.80. The fourth-order valence-corrected chi connectivity index (χ4v) is 3.50. The van der Waals surface area contributed by atoms with E-state index in [9.17, 15) is 14.4 Å². The van der Waals surface area contributed by atoms with Crippen LogP contribution in [-0.2, 0) is 15.3 Å². The second-order valence-corrected chi connectivity index (χ2v) is 8.52. The third-order valence-electron chi connectivity index (χ3n) is 3.11. The van der Waals surface area contributed by atoms with E-state index in [1.807, 2.05) is 20.8 Å². The molecule has 0 aromatic carbocycles. The smallest absolute Gasteiger partial charge is 0.258 e. The zero-order chi connectivity index (χ0) is 18.6. The van der Waals surface area contributed by atoms with Crippen molar-refractivity contribution < 1.29 is 9.59 Å². The van der Waals surface area contributed by atoms with E-state index in [4.69, 9.17) is 0 Å². The van der Waals surface area contributed by atoms with Gasteiger partial charge in [0.15, 0.2) is 4.96 Å². The van der Waals surface area contributed by atoms with Crippen molar-refractivity contribution in [1.29, 1.82) is 0 Å². The molecule has 0 fully saturated rings. The van der Waals surface area contributed by atoms with Gasteiger partial charge in [0.1, 0.15) is 6.04 Å². The molecule has 1 atom stereocenters. The molecule has 0 saturated heterocycles. The molecule has 0 bridgehead atoms. The van der Waals surface area contributed by atoms with E-state index in [0.29, 0.717) is 16.4 Å². The van der Waals surface area contributed by atoms with Crippen LogP contribution in [0.3, 0.4) is 0 Å². The van der Waals surface area contributed by atoms with Gasteiger partial charge in [-0.2, -0.15) is 0 Å². The minimum atomic E-state index is -0.599. The molecule has 0 aliphatic rings. The van der Waals surface area contributed by atoms with Crippen LogP contribution in [0.15, 0.2) is 22.4 Å². The second-order valence-electron chi connectivity index (χ2n) is 6.66. The van der Waals surface area contributed by atoms with Gasteiger partial charge >= 0.3 is 0 Å². The number of carbonyl (C=O) groups is 2. The van der Waals surface area contributed by atoms with Crippen LogP contribution in [0.2, 0.25) is 0 Å². The van der Waals surface area contributed by atoms with Gasteiger partial charge in [-0.15, -0.1) is 23.1 Å². The lowest BCUT2D eigenvalue weighted by atomic mass is 10.1. The SMILES string of the molecule is CC(NC(=O)CSCc1cc(=O)n2ccsc2n1)C(=O)NC(C)(C)C. The Balaban J connectivity index is 1.81. The van der Waals surface area contributed by atoms with Crippen molar-refractivity contribution >= 4 is 39.9 Å². The topological polar surface area (TPSA) is 92.6 Å². The molecule has 2 aromatic heterocycles. The molecule has 9 heteroatoms. The summed E-state index contributed by atoms with van der Waals surface area (Å²) in [7, 11) is 0. The lowest BCUT2D eigenvalue weighted by Gasteiger charge is -2.23. The summed E-state index contributed by atoms with van der Waals surface area (Å²) in [6.45, 7) is 7.30. The molecule has 7 nitrogen and oxygen atoms in total. The average Bonchev–Trinajstić information content (AvgIpc) is 2.94. The number of amides is 2. The van der Waals surface area contributed by atoms with Crippen LogP contribution in [0.5, 0.6) is 0 Å². The van der Waals surface area contributed by atoms with Crippen molar-refractivity contribution in [2.45, 2.75) is 45.0 Å². The van der Waals surface area contributed by atoms with Gasteiger partial charge < -0.3 is 10.6 Å². The Labute approximate surface area is 154 Å². The molecule has 0 saturated carbocycles. The van der Waals surface area contributed by atoms with Crippen molar-refractivity contribution in [2.24, 2.45) is 0 Å². The summed E-state index contributed by atoms with van der Waals surface area (Å²) in [5, 5.41) is 7.29. The number of carbonyl (C=O) groups excluding carboxylic acids is 2. The van der Waals surface area contributed by atoms with E-state index in [0.717, 1.165) is 0 Å². The van der Waals surface area contributed by atoms with Crippen molar-refractivity contribution in [3.63, 3.8) is 0 Å². The normalized spacial score (nSPS) is 12.8. The number of thioether (sulfide) groups is 1. The van der Waals surface area contributed by atoms with Crippen LogP contribution in [0.4, 0.5) is 0 Å². The highest BCUT2D eigenvalue weighted by molar-refractivity contribution is 7.99. The van der Waals surface area contributed by atoms with Gasteiger partial charge in [-0.3, -0.25) is 18.8 Å². The van der Waals surface area contributed by atoms with Crippen LogP contribution < -0.4 is 16.2 Å². The lowest BCUT2D eigenvalue weighted by Crippen LogP contribution is -2.51. The summed E-state index contributed by atoms with van der Waals surface area (Å²) in [6, 6.07) is 0.877. The summed E-state index contributed by atoms with van der Waals surface area (Å²) in [6.07, 6.45) is 1.68. The van der Waals surface area contributed by atoms with Gasteiger partial charge in [-0.1, -0.05) is 0 Å². The summed E-state index contributed by atoms with van der Waals surface area (Å²) in [5.41, 5.74) is 0.174. The monoisotopic (exact) mass is 382 g/mol. The van der Waals surface area contributed by atoms with Crippen LogP contribution in [0.1, 0.15) is 33.4 Å². The highest BCUT2D eigenvalue weighted by Crippen LogP contribution is 2.12. The van der Waals surface area contributed by atoms with Gasteiger partial charge in [0.25, 0.3) is 5.56 Å². The first kappa shape index (κ1) is 19.5. The quantitative estimate of drug-likeness (QED) is 0.788. The molecule has 25 heavy (non-hydrogen) atoms. The molecular formula is C16H22N4O3S2. The predicted molar refractivity (Wildman–Crippen MR) is 101 cm³/mol. The highest BCUT2D eigenvalue weighted by Gasteiger charge is 2.20. The molecule has 2 N–H and O–H groups in total. The molecule has 0 aliphatic heterocycles. The van der Waals surface area contributed by atoms with Crippen LogP contribution in [0, 0.1) is 0 Å². The van der Waals surface area contributed by atoms with Crippen molar-refractivity contribution in [3.05, 3.63) is 33.7 Å². The molecular weight excluding hydrogens is 360 g/mol. The summed E-state index contributed by atoms with van der Waals surface area (Å²) >= 11 is 2.74. The average molecular weight is 383 g/mol. The standard InChI is InChI=1S/C16H22N4O3S2/c1-10(14(23)19-16(2,3)4)17-12(21)9-24-8-11-7-13(22)20-5-6-25-15(20)18-11/h5-7,10H,8-9H2,1-4H3,(H,17,21)(H,19,23). The number of rotatable bonds is 6. The number of thiazole rings is 1. The largest absolute Gasteiger partial charge is 0.350 e. The Kier molecular flexibility index (Phi) is 6.23. The van der Waals surface area contributed by atoms with Crippen molar-refractivity contribution in [3.8, 4) is 0 Å². The zero-order valence-electron chi connectivity index (χ0n) is 14.7. The van der Waals surface area contributed by atoms with E-state index in [1.165, 1.54) is 33.6 Å². The third-order valence-corrected chi connectivity index (χ3v) is 4.83. The molecule has 2 aromatic rings. The van der Waals surface area contributed by atoms with Gasteiger partial charge in [0.2, 0.25) is 11.8 Å². The fraction of sp³-hybridized carbons (Fsp3) is 0.500. The maximum atomic E-state index is 12.0. The number of fused-ring (bicyclic) bond motifs is 1. The molecule has 1 unspecified atom stereocenters. The predicted octanol–water partition coefficient (Wildman–Crippen LogP) is 1.41. The van der Waals surface area contributed by atoms with E-state index in [-0.39, 0.29) is 28.7 Å². The number of hydrogen-bond donors (Lipinski definition) is 2. The van der Waals surface area contributed by atoms with E-state index < -0.39 is 6.04 Å². The van der Waals surface area contributed by atoms with Gasteiger partial charge in [-0.25, -0.2) is 4.98 Å². The Hall–Kier alpha value is -1.87. The molecule has 0 spiro atoms. The van der Waals surface area contributed by atoms with E-state index in [1.54, 1.807) is 18.5 Å². The fourth-order valence-electron chi connectivity index (χ4n) is 2.04. The van der Waals surface area contributed by atoms with E-state index >= 15 is 0 Å². The van der Waals surface area contributed by atoms with Crippen molar-refractivity contribution in [1.82, 2.24) is 20.0 Å². The molecule has 2 rings (SSSR count). The Morgan fingerprint density at radius 3 is 2.80 bits per heavy atom. The van der Waals surface area contributed by atoms with Gasteiger partial charge in [-0.05, 0) is 27.7 Å². The number of hydrogen-bond acceptors (Lipinski definition) is 6. The second kappa shape index (κ2) is 8.01. The molecule has 0 radical (unpaired) electrons. The minimum Gasteiger partial charge on any atom is -0.350 e. The Morgan fingerprint density at radius 2 is 2.12 bits per heavy atom. The molecule has 2 heterocycles. The zero-order valence-corrected chi connectivity index (χ0v) is 16.3. The van der Waals surface area contributed by atoms with Crippen molar-refractivity contribution in [2.75, 3.05) is 5.75 Å². The lowest BCUT2D eigenvalue weighted by molar-refractivity contribution is -0.128. The van der Waals surface area contributed by atoms with Crippen LogP contribution in [0.25, 0.3) is 4.96 Å². The molecule has 136 valence electrons. The van der Waals surface area contributed by atoms with E-state index in [2.05, 4.69) is 15.6 Å². The Bertz CT molecular complexity index is 823. The van der Waals surface area contributed by atoms with Gasteiger partial charge in [0.05, 0.1) is 11.4 Å². The van der Waals surface area contributed by atoms with Gasteiger partial charge in [0, 0.05) is 28.9 Å². The van der Waals surface area contributed by atoms with Crippen LogP contribution >= 0.6 is 23.1 Å². The number of nitrogens with one attached hydrogen (secondary N) is 2. The number of aromatic nitrogens is 2. The number of nitrogens with zero attached hydrogens (tertiary/aromatic N) is 2. The summed E-state index contributed by atoms with van der Waals surface area (Å²) in [5.74, 6) is 0.206. The minimum absolute atomic E-state index is 0.126. The maximum absolute atomic E-state index is 12.0. The molecule has 2 amide bonds.